The van der Waals surface area contributed by atoms with Gasteiger partial charge < -0.3 is 14.6 Å². The molecule has 0 atom stereocenters. The molecule has 0 amide bonds. The molecule has 6 heteroatoms. The molecule has 0 bridgehead atoms. The number of hydrogen-bond donors (Lipinski definition) is 1. The number of aromatic nitrogens is 2. The SMILES string of the molecule is CCNCc1cccc(Cl)c1OCc1ncon1. The first-order valence-electron chi connectivity index (χ1n) is 5.67. The molecule has 2 aromatic rings. The van der Waals surface area contributed by atoms with Gasteiger partial charge in [0, 0.05) is 12.1 Å². The standard InChI is InChI=1S/C12H14ClN3O2/c1-2-14-6-9-4-3-5-10(13)12(9)17-7-11-15-8-18-16-11/h3-5,8,14H,2,6-7H2,1H3. The van der Waals surface area contributed by atoms with Crippen molar-refractivity contribution >= 4 is 11.6 Å². The van der Waals surface area contributed by atoms with E-state index in [4.69, 9.17) is 16.3 Å². The minimum absolute atomic E-state index is 0.235. The summed E-state index contributed by atoms with van der Waals surface area (Å²) < 4.78 is 10.3. The van der Waals surface area contributed by atoms with E-state index >= 15 is 0 Å². The summed E-state index contributed by atoms with van der Waals surface area (Å²) in [5.41, 5.74) is 1.01. The first-order valence-corrected chi connectivity index (χ1v) is 6.05. The van der Waals surface area contributed by atoms with Crippen molar-refractivity contribution in [2.75, 3.05) is 6.54 Å². The second kappa shape index (κ2) is 6.37. The van der Waals surface area contributed by atoms with E-state index in [-0.39, 0.29) is 6.61 Å². The number of halogens is 1. The van der Waals surface area contributed by atoms with Gasteiger partial charge in [0.05, 0.1) is 5.02 Å². The van der Waals surface area contributed by atoms with E-state index in [1.165, 1.54) is 6.39 Å². The maximum absolute atomic E-state index is 6.13. The highest BCUT2D eigenvalue weighted by atomic mass is 35.5. The van der Waals surface area contributed by atoms with Gasteiger partial charge in [-0.3, -0.25) is 0 Å². The lowest BCUT2D eigenvalue weighted by Crippen LogP contribution is -2.13. The largest absolute Gasteiger partial charge is 0.484 e. The number of hydrogen-bond acceptors (Lipinski definition) is 5. The first-order chi connectivity index (χ1) is 8.81. The van der Waals surface area contributed by atoms with Crippen LogP contribution in [0.15, 0.2) is 29.1 Å². The van der Waals surface area contributed by atoms with Gasteiger partial charge in [0.1, 0.15) is 5.75 Å². The predicted molar refractivity (Wildman–Crippen MR) is 67.5 cm³/mol. The normalized spacial score (nSPS) is 10.6. The summed E-state index contributed by atoms with van der Waals surface area (Å²) in [7, 11) is 0. The number of benzene rings is 1. The summed E-state index contributed by atoms with van der Waals surface area (Å²) in [6, 6.07) is 5.67. The molecule has 0 saturated heterocycles. The van der Waals surface area contributed by atoms with E-state index < -0.39 is 0 Å². The van der Waals surface area contributed by atoms with Crippen LogP contribution in [0, 0.1) is 0 Å². The van der Waals surface area contributed by atoms with Crippen molar-refractivity contribution in [3.05, 3.63) is 41.0 Å². The van der Waals surface area contributed by atoms with Gasteiger partial charge in [-0.05, 0) is 12.6 Å². The Balaban J connectivity index is 2.09. The van der Waals surface area contributed by atoms with Gasteiger partial charge in [-0.15, -0.1) is 0 Å². The Labute approximate surface area is 110 Å². The number of rotatable bonds is 6. The van der Waals surface area contributed by atoms with Crippen LogP contribution in [0.25, 0.3) is 0 Å². The van der Waals surface area contributed by atoms with Crippen molar-refractivity contribution in [2.24, 2.45) is 0 Å². The molecule has 1 N–H and O–H groups in total. The van der Waals surface area contributed by atoms with E-state index in [0.717, 1.165) is 12.1 Å². The van der Waals surface area contributed by atoms with Crippen LogP contribution in [-0.4, -0.2) is 16.7 Å². The first kappa shape index (κ1) is 12.9. The fraction of sp³-hybridized carbons (Fsp3) is 0.333. The van der Waals surface area contributed by atoms with Gasteiger partial charge in [0.15, 0.2) is 6.61 Å². The molecule has 0 radical (unpaired) electrons. The molecule has 1 heterocycles. The van der Waals surface area contributed by atoms with Crippen LogP contribution in [0.5, 0.6) is 5.75 Å². The van der Waals surface area contributed by atoms with Crippen molar-refractivity contribution in [3.63, 3.8) is 0 Å². The zero-order chi connectivity index (χ0) is 12.8. The van der Waals surface area contributed by atoms with Gasteiger partial charge in [0.2, 0.25) is 12.2 Å². The molecular weight excluding hydrogens is 254 g/mol. The summed E-state index contributed by atoms with van der Waals surface area (Å²) in [6.45, 7) is 3.87. The molecule has 0 aliphatic carbocycles. The van der Waals surface area contributed by atoms with Crippen molar-refractivity contribution in [3.8, 4) is 5.75 Å². The number of nitrogens with zero attached hydrogens (tertiary/aromatic N) is 2. The van der Waals surface area contributed by atoms with Crippen LogP contribution in [-0.2, 0) is 13.2 Å². The van der Waals surface area contributed by atoms with Crippen molar-refractivity contribution in [1.82, 2.24) is 15.5 Å². The van der Waals surface area contributed by atoms with Crippen LogP contribution in [0.4, 0.5) is 0 Å². The predicted octanol–water partition coefficient (Wildman–Crippen LogP) is 2.41. The zero-order valence-corrected chi connectivity index (χ0v) is 10.8. The van der Waals surface area contributed by atoms with Crippen LogP contribution in [0.1, 0.15) is 18.3 Å². The molecule has 0 spiro atoms. The number of para-hydroxylation sites is 1. The maximum atomic E-state index is 6.13. The molecular formula is C12H14ClN3O2. The second-order valence-electron chi connectivity index (χ2n) is 3.64. The van der Waals surface area contributed by atoms with Crippen LogP contribution < -0.4 is 10.1 Å². The Hall–Kier alpha value is -1.59. The summed E-state index contributed by atoms with van der Waals surface area (Å²) in [4.78, 5) is 3.89. The summed E-state index contributed by atoms with van der Waals surface area (Å²) in [5.74, 6) is 1.15. The van der Waals surface area contributed by atoms with Gasteiger partial charge in [-0.25, -0.2) is 0 Å². The molecule has 0 fully saturated rings. The lowest BCUT2D eigenvalue weighted by atomic mass is 10.2. The maximum Gasteiger partial charge on any atom is 0.213 e. The Kier molecular flexibility index (Phi) is 4.55. The lowest BCUT2D eigenvalue weighted by molar-refractivity contribution is 0.283. The molecule has 2 rings (SSSR count). The quantitative estimate of drug-likeness (QED) is 0.871. The van der Waals surface area contributed by atoms with Gasteiger partial charge in [-0.1, -0.05) is 35.8 Å². The Morgan fingerprint density at radius 2 is 2.33 bits per heavy atom. The van der Waals surface area contributed by atoms with Crippen molar-refractivity contribution in [2.45, 2.75) is 20.1 Å². The third-order valence-corrected chi connectivity index (χ3v) is 2.66. The van der Waals surface area contributed by atoms with E-state index in [1.54, 1.807) is 6.07 Å². The van der Waals surface area contributed by atoms with Gasteiger partial charge in [0.25, 0.3) is 0 Å². The molecule has 18 heavy (non-hydrogen) atoms. The second-order valence-corrected chi connectivity index (χ2v) is 4.05. The monoisotopic (exact) mass is 267 g/mol. The van der Waals surface area contributed by atoms with E-state index in [9.17, 15) is 0 Å². The lowest BCUT2D eigenvalue weighted by Gasteiger charge is -2.12. The van der Waals surface area contributed by atoms with Crippen molar-refractivity contribution < 1.29 is 9.26 Å². The summed E-state index contributed by atoms with van der Waals surface area (Å²) in [6.07, 6.45) is 1.27. The fourth-order valence-electron chi connectivity index (χ4n) is 1.51. The van der Waals surface area contributed by atoms with Crippen molar-refractivity contribution in [1.29, 1.82) is 0 Å². The molecule has 0 saturated carbocycles. The van der Waals surface area contributed by atoms with Crippen LogP contribution >= 0.6 is 11.6 Å². The Morgan fingerprint density at radius 3 is 3.06 bits per heavy atom. The minimum Gasteiger partial charge on any atom is -0.484 e. The minimum atomic E-state index is 0.235. The molecule has 96 valence electrons. The van der Waals surface area contributed by atoms with Gasteiger partial charge in [-0.2, -0.15) is 4.98 Å². The van der Waals surface area contributed by atoms with E-state index in [2.05, 4.69) is 20.0 Å². The summed E-state index contributed by atoms with van der Waals surface area (Å²) >= 11 is 6.13. The molecule has 0 aliphatic rings. The molecule has 0 unspecified atom stereocenters. The van der Waals surface area contributed by atoms with E-state index in [1.807, 2.05) is 19.1 Å². The zero-order valence-electron chi connectivity index (χ0n) is 10.0. The third kappa shape index (κ3) is 3.21. The fourth-order valence-corrected chi connectivity index (χ4v) is 1.76. The highest BCUT2D eigenvalue weighted by Crippen LogP contribution is 2.29. The Morgan fingerprint density at radius 1 is 1.44 bits per heavy atom. The number of nitrogens with one attached hydrogen (secondary N) is 1. The van der Waals surface area contributed by atoms with Crippen LogP contribution in [0.2, 0.25) is 5.02 Å². The van der Waals surface area contributed by atoms with Gasteiger partial charge >= 0.3 is 0 Å². The summed E-state index contributed by atoms with van der Waals surface area (Å²) in [5, 5.41) is 7.50. The topological polar surface area (TPSA) is 60.2 Å². The van der Waals surface area contributed by atoms with E-state index in [0.29, 0.717) is 23.1 Å². The third-order valence-electron chi connectivity index (χ3n) is 2.37. The van der Waals surface area contributed by atoms with Crippen LogP contribution in [0.3, 0.4) is 0 Å². The highest BCUT2D eigenvalue weighted by Gasteiger charge is 2.09. The molecule has 0 aliphatic heterocycles. The Bertz CT molecular complexity index is 488. The average Bonchev–Trinajstić information content (AvgIpc) is 2.88. The average molecular weight is 268 g/mol. The number of ether oxygens (including phenoxy) is 1. The highest BCUT2D eigenvalue weighted by molar-refractivity contribution is 6.32. The molecule has 1 aromatic heterocycles. The molecule has 1 aromatic carbocycles. The molecule has 5 nitrogen and oxygen atoms in total. The smallest absolute Gasteiger partial charge is 0.213 e.